The van der Waals surface area contributed by atoms with Crippen molar-refractivity contribution in [2.75, 3.05) is 5.75 Å². The molecule has 1 saturated heterocycles. The SMILES string of the molecule is O=C(/C=C/c1ccco1)NC1CCCCC1N1C(=O)CSC1=O. The fraction of sp³-hybridized carbons (Fsp3) is 0.438. The lowest BCUT2D eigenvalue weighted by atomic mass is 9.89. The summed E-state index contributed by atoms with van der Waals surface area (Å²) < 4.78 is 5.14. The van der Waals surface area contributed by atoms with Gasteiger partial charge in [0.15, 0.2) is 0 Å². The maximum absolute atomic E-state index is 12.1. The minimum absolute atomic E-state index is 0.155. The van der Waals surface area contributed by atoms with Crippen LogP contribution in [-0.2, 0) is 9.59 Å². The predicted molar refractivity (Wildman–Crippen MR) is 86.6 cm³/mol. The van der Waals surface area contributed by atoms with Gasteiger partial charge in [-0.25, -0.2) is 0 Å². The molecule has 2 fully saturated rings. The number of carbonyl (C=O) groups is 3. The van der Waals surface area contributed by atoms with Crippen molar-refractivity contribution in [3.63, 3.8) is 0 Å². The summed E-state index contributed by atoms with van der Waals surface area (Å²) in [7, 11) is 0. The quantitative estimate of drug-likeness (QED) is 0.856. The smallest absolute Gasteiger partial charge is 0.289 e. The highest BCUT2D eigenvalue weighted by Gasteiger charge is 2.40. The average molecular weight is 334 g/mol. The Kier molecular flexibility index (Phi) is 4.85. The third-order valence-corrected chi connectivity index (χ3v) is 4.95. The van der Waals surface area contributed by atoms with Crippen LogP contribution >= 0.6 is 11.8 Å². The van der Waals surface area contributed by atoms with Gasteiger partial charge in [-0.2, -0.15) is 0 Å². The molecule has 1 aromatic heterocycles. The van der Waals surface area contributed by atoms with Crippen LogP contribution in [0.5, 0.6) is 0 Å². The van der Waals surface area contributed by atoms with Gasteiger partial charge in [0.05, 0.1) is 24.1 Å². The maximum atomic E-state index is 12.1. The molecule has 6 nitrogen and oxygen atoms in total. The molecular formula is C16H18N2O4S. The Labute approximate surface area is 138 Å². The molecule has 7 heteroatoms. The van der Waals surface area contributed by atoms with Crippen molar-refractivity contribution >= 4 is 34.9 Å². The number of amides is 3. The Morgan fingerprint density at radius 2 is 2.17 bits per heavy atom. The lowest BCUT2D eigenvalue weighted by molar-refractivity contribution is -0.128. The number of hydrogen-bond donors (Lipinski definition) is 1. The van der Waals surface area contributed by atoms with Crippen molar-refractivity contribution in [1.82, 2.24) is 10.2 Å². The van der Waals surface area contributed by atoms with Crippen LogP contribution in [0.4, 0.5) is 4.79 Å². The molecule has 0 spiro atoms. The third kappa shape index (κ3) is 3.67. The molecule has 23 heavy (non-hydrogen) atoms. The molecule has 0 radical (unpaired) electrons. The summed E-state index contributed by atoms with van der Waals surface area (Å²) in [6.07, 6.45) is 7.99. The van der Waals surface area contributed by atoms with Crippen molar-refractivity contribution in [2.24, 2.45) is 0 Å². The van der Waals surface area contributed by atoms with E-state index in [-0.39, 0.29) is 34.9 Å². The van der Waals surface area contributed by atoms with Crippen molar-refractivity contribution < 1.29 is 18.8 Å². The lowest BCUT2D eigenvalue weighted by Crippen LogP contribution is -2.54. The Morgan fingerprint density at radius 3 is 2.87 bits per heavy atom. The maximum Gasteiger partial charge on any atom is 0.289 e. The third-order valence-electron chi connectivity index (χ3n) is 4.12. The van der Waals surface area contributed by atoms with Crippen LogP contribution in [0, 0.1) is 0 Å². The van der Waals surface area contributed by atoms with Gasteiger partial charge < -0.3 is 9.73 Å². The first-order chi connectivity index (χ1) is 11.1. The summed E-state index contributed by atoms with van der Waals surface area (Å²) in [5.74, 6) is 0.401. The Bertz CT molecular complexity index is 610. The number of hydrogen-bond acceptors (Lipinski definition) is 5. The minimum Gasteiger partial charge on any atom is -0.465 e. The van der Waals surface area contributed by atoms with Gasteiger partial charge in [0.2, 0.25) is 11.8 Å². The number of imide groups is 1. The Balaban J connectivity index is 1.65. The van der Waals surface area contributed by atoms with E-state index in [0.717, 1.165) is 37.4 Å². The topological polar surface area (TPSA) is 79.6 Å². The number of nitrogens with one attached hydrogen (secondary N) is 1. The Morgan fingerprint density at radius 1 is 1.35 bits per heavy atom. The van der Waals surface area contributed by atoms with Crippen molar-refractivity contribution in [2.45, 2.75) is 37.8 Å². The van der Waals surface area contributed by atoms with Gasteiger partial charge in [-0.1, -0.05) is 24.6 Å². The highest BCUT2D eigenvalue weighted by molar-refractivity contribution is 8.14. The second-order valence-corrected chi connectivity index (χ2v) is 6.56. The lowest BCUT2D eigenvalue weighted by Gasteiger charge is -2.36. The standard InChI is InChI=1S/C16H18N2O4S/c19-14(8-7-11-4-3-9-22-11)17-12-5-1-2-6-13(12)18-15(20)10-23-16(18)21/h3-4,7-9,12-13H,1-2,5-6,10H2,(H,17,19)/b8-7+. The molecule has 2 aliphatic rings. The molecule has 2 unspecified atom stereocenters. The fourth-order valence-corrected chi connectivity index (χ4v) is 3.81. The summed E-state index contributed by atoms with van der Waals surface area (Å²) in [5, 5.41) is 2.73. The normalized spacial score (nSPS) is 25.3. The number of nitrogens with zero attached hydrogens (tertiary/aromatic N) is 1. The van der Waals surface area contributed by atoms with E-state index in [2.05, 4.69) is 5.32 Å². The van der Waals surface area contributed by atoms with Gasteiger partial charge in [0.1, 0.15) is 5.76 Å². The van der Waals surface area contributed by atoms with Crippen LogP contribution in [0.3, 0.4) is 0 Å². The van der Waals surface area contributed by atoms with Gasteiger partial charge in [-0.15, -0.1) is 0 Å². The predicted octanol–water partition coefficient (Wildman–Crippen LogP) is 2.42. The molecule has 122 valence electrons. The zero-order chi connectivity index (χ0) is 16.2. The molecule has 2 heterocycles. The molecule has 1 aliphatic carbocycles. The van der Waals surface area contributed by atoms with Crippen LogP contribution in [0.2, 0.25) is 0 Å². The van der Waals surface area contributed by atoms with Gasteiger partial charge in [0.25, 0.3) is 5.24 Å². The summed E-state index contributed by atoms with van der Waals surface area (Å²) in [5.41, 5.74) is 0. The molecule has 1 saturated carbocycles. The van der Waals surface area contributed by atoms with Crippen LogP contribution in [0.1, 0.15) is 31.4 Å². The monoisotopic (exact) mass is 334 g/mol. The van der Waals surface area contributed by atoms with E-state index in [0.29, 0.717) is 5.76 Å². The number of furan rings is 1. The van der Waals surface area contributed by atoms with Gasteiger partial charge >= 0.3 is 0 Å². The summed E-state index contributed by atoms with van der Waals surface area (Å²) in [4.78, 5) is 37.3. The van der Waals surface area contributed by atoms with Crippen LogP contribution in [0.25, 0.3) is 6.08 Å². The molecule has 3 amide bonds. The number of carbonyl (C=O) groups excluding carboxylic acids is 3. The molecule has 1 N–H and O–H groups in total. The largest absolute Gasteiger partial charge is 0.465 e. The minimum atomic E-state index is -0.245. The van der Waals surface area contributed by atoms with E-state index < -0.39 is 0 Å². The van der Waals surface area contributed by atoms with Gasteiger partial charge in [-0.05, 0) is 31.1 Å². The van der Waals surface area contributed by atoms with Crippen LogP contribution in [-0.4, -0.2) is 39.8 Å². The molecular weight excluding hydrogens is 316 g/mol. The molecule has 1 aliphatic heterocycles. The van der Waals surface area contributed by atoms with Crippen LogP contribution in [0.15, 0.2) is 28.9 Å². The van der Waals surface area contributed by atoms with Crippen molar-refractivity contribution in [3.05, 3.63) is 30.2 Å². The van der Waals surface area contributed by atoms with E-state index in [9.17, 15) is 14.4 Å². The van der Waals surface area contributed by atoms with E-state index >= 15 is 0 Å². The zero-order valence-corrected chi connectivity index (χ0v) is 13.4. The average Bonchev–Trinajstić information content (AvgIpc) is 3.17. The fourth-order valence-electron chi connectivity index (χ4n) is 3.05. The molecule has 1 aromatic rings. The molecule has 0 bridgehead atoms. The van der Waals surface area contributed by atoms with Crippen LogP contribution < -0.4 is 5.32 Å². The van der Waals surface area contributed by atoms with Crippen molar-refractivity contribution in [1.29, 1.82) is 0 Å². The zero-order valence-electron chi connectivity index (χ0n) is 12.6. The number of rotatable bonds is 4. The second kappa shape index (κ2) is 7.04. The number of thioether (sulfide) groups is 1. The van der Waals surface area contributed by atoms with E-state index in [1.807, 2.05) is 0 Å². The van der Waals surface area contributed by atoms with E-state index in [1.165, 1.54) is 17.2 Å². The summed E-state index contributed by atoms with van der Waals surface area (Å²) in [6, 6.07) is 3.08. The first kappa shape index (κ1) is 15.9. The van der Waals surface area contributed by atoms with E-state index in [4.69, 9.17) is 4.42 Å². The first-order valence-corrected chi connectivity index (χ1v) is 8.64. The van der Waals surface area contributed by atoms with Crippen molar-refractivity contribution in [3.8, 4) is 0 Å². The van der Waals surface area contributed by atoms with Gasteiger partial charge in [-0.3, -0.25) is 19.3 Å². The molecule has 0 aromatic carbocycles. The van der Waals surface area contributed by atoms with E-state index in [1.54, 1.807) is 18.2 Å². The molecule has 2 atom stereocenters. The second-order valence-electron chi connectivity index (χ2n) is 5.63. The van der Waals surface area contributed by atoms with Gasteiger partial charge in [0, 0.05) is 6.08 Å². The first-order valence-electron chi connectivity index (χ1n) is 7.66. The Hall–Kier alpha value is -2.02. The highest BCUT2D eigenvalue weighted by atomic mass is 32.2. The summed E-state index contributed by atoms with van der Waals surface area (Å²) >= 11 is 1.03. The molecule has 3 rings (SSSR count). The summed E-state index contributed by atoms with van der Waals surface area (Å²) in [6.45, 7) is 0. The highest BCUT2D eigenvalue weighted by Crippen LogP contribution is 2.30.